The van der Waals surface area contributed by atoms with E-state index in [0.29, 0.717) is 5.75 Å². The predicted molar refractivity (Wildman–Crippen MR) is 67.2 cm³/mol. The number of rotatable bonds is 7. The van der Waals surface area contributed by atoms with Crippen molar-refractivity contribution in [2.45, 2.75) is 26.2 Å². The molecule has 17 heavy (non-hydrogen) atoms. The first kappa shape index (κ1) is 14.8. The smallest absolute Gasteiger partial charge is 0.402 e. The van der Waals surface area contributed by atoms with E-state index in [0.717, 1.165) is 19.3 Å². The Balaban J connectivity index is 2.65. The molecule has 0 spiro atoms. The Hall–Kier alpha value is -0.250. The van der Waals surface area contributed by atoms with E-state index < -0.39 is 7.82 Å². The van der Waals surface area contributed by atoms with E-state index in [1.54, 1.807) is 12.1 Å². The fourth-order valence-electron chi connectivity index (χ4n) is 1.27. The minimum absolute atomic E-state index is 0.315. The van der Waals surface area contributed by atoms with Gasteiger partial charge in [0.05, 0.1) is 23.7 Å². The maximum Gasteiger partial charge on any atom is 0.563 e. The summed E-state index contributed by atoms with van der Waals surface area (Å²) in [7, 11) is -3.91. The molecule has 0 aliphatic rings. The second kappa shape index (κ2) is 7.24. The standard InChI is InChI=1S/C10H13Cl2O4P/c1-2-3-4-9-5-7-10(8-6-9)14-17(13,15-11)16-12/h5-8H,2-4H2,1H3. The van der Waals surface area contributed by atoms with Crippen molar-refractivity contribution in [1.29, 1.82) is 0 Å². The number of phosphoric acid groups is 1. The highest BCUT2D eigenvalue weighted by Crippen LogP contribution is 2.51. The van der Waals surface area contributed by atoms with Crippen molar-refractivity contribution in [3.8, 4) is 5.75 Å². The summed E-state index contributed by atoms with van der Waals surface area (Å²) < 4.78 is 24.4. The van der Waals surface area contributed by atoms with Gasteiger partial charge in [0.15, 0.2) is 0 Å². The Morgan fingerprint density at radius 2 is 1.76 bits per heavy atom. The van der Waals surface area contributed by atoms with Crippen LogP contribution in [0.25, 0.3) is 0 Å². The molecule has 0 atom stereocenters. The minimum atomic E-state index is -3.91. The molecule has 0 saturated heterocycles. The van der Waals surface area contributed by atoms with Gasteiger partial charge in [-0.3, -0.25) is 0 Å². The van der Waals surface area contributed by atoms with Crippen LogP contribution in [0.5, 0.6) is 5.75 Å². The van der Waals surface area contributed by atoms with E-state index in [9.17, 15) is 4.57 Å². The summed E-state index contributed by atoms with van der Waals surface area (Å²) in [6.45, 7) is 2.13. The molecule has 0 N–H and O–H groups in total. The summed E-state index contributed by atoms with van der Waals surface area (Å²) in [6, 6.07) is 7.06. The zero-order chi connectivity index (χ0) is 12.7. The van der Waals surface area contributed by atoms with E-state index in [2.05, 4.69) is 15.1 Å². The van der Waals surface area contributed by atoms with Crippen molar-refractivity contribution in [2.75, 3.05) is 0 Å². The molecule has 1 rings (SSSR count). The highest BCUT2D eigenvalue weighted by molar-refractivity contribution is 7.50. The van der Waals surface area contributed by atoms with Crippen LogP contribution >= 0.6 is 31.6 Å². The van der Waals surface area contributed by atoms with Crippen molar-refractivity contribution in [3.05, 3.63) is 29.8 Å². The van der Waals surface area contributed by atoms with Crippen LogP contribution < -0.4 is 4.52 Å². The topological polar surface area (TPSA) is 44.8 Å². The van der Waals surface area contributed by atoms with Gasteiger partial charge in [0.25, 0.3) is 0 Å². The lowest BCUT2D eigenvalue weighted by Crippen LogP contribution is -1.93. The molecular formula is C10H13Cl2O4P. The lowest BCUT2D eigenvalue weighted by molar-refractivity contribution is 0.318. The summed E-state index contributed by atoms with van der Waals surface area (Å²) >= 11 is 9.92. The molecule has 0 amide bonds. The second-order valence-electron chi connectivity index (χ2n) is 3.42. The number of hydrogen-bond donors (Lipinski definition) is 0. The van der Waals surface area contributed by atoms with Gasteiger partial charge in [-0.25, -0.2) is 4.57 Å². The van der Waals surface area contributed by atoms with Gasteiger partial charge in [0, 0.05) is 0 Å². The number of benzene rings is 1. The average molecular weight is 299 g/mol. The lowest BCUT2D eigenvalue weighted by atomic mass is 10.1. The number of aryl methyl sites for hydroxylation is 1. The van der Waals surface area contributed by atoms with Gasteiger partial charge in [-0.2, -0.15) is 8.15 Å². The summed E-state index contributed by atoms with van der Waals surface area (Å²) in [5.74, 6) is 0.315. The largest absolute Gasteiger partial charge is 0.563 e. The van der Waals surface area contributed by atoms with Gasteiger partial charge in [0.1, 0.15) is 5.75 Å². The Bertz CT molecular complexity index is 374. The van der Waals surface area contributed by atoms with Gasteiger partial charge >= 0.3 is 7.82 Å². The average Bonchev–Trinajstić information content (AvgIpc) is 2.38. The van der Waals surface area contributed by atoms with Gasteiger partial charge < -0.3 is 4.52 Å². The van der Waals surface area contributed by atoms with Crippen LogP contribution in [0.2, 0.25) is 0 Å². The van der Waals surface area contributed by atoms with E-state index in [1.165, 1.54) is 5.56 Å². The van der Waals surface area contributed by atoms with Gasteiger partial charge in [-0.05, 0) is 30.5 Å². The zero-order valence-corrected chi connectivity index (χ0v) is 11.7. The molecule has 0 unspecified atom stereocenters. The summed E-state index contributed by atoms with van der Waals surface area (Å²) in [6.07, 6.45) is 3.24. The summed E-state index contributed by atoms with van der Waals surface area (Å²) in [5, 5.41) is 0. The molecule has 4 nitrogen and oxygen atoms in total. The third-order valence-corrected chi connectivity index (χ3v) is 3.92. The first-order chi connectivity index (χ1) is 8.13. The first-order valence-electron chi connectivity index (χ1n) is 5.13. The predicted octanol–water partition coefficient (Wildman–Crippen LogP) is 4.86. The van der Waals surface area contributed by atoms with E-state index in [4.69, 9.17) is 28.3 Å². The molecule has 0 fully saturated rings. The fraction of sp³-hybridized carbons (Fsp3) is 0.400. The number of hydrogen-bond acceptors (Lipinski definition) is 4. The second-order valence-corrected chi connectivity index (χ2v) is 5.61. The van der Waals surface area contributed by atoms with Crippen LogP contribution in [0.3, 0.4) is 0 Å². The molecule has 1 aromatic rings. The zero-order valence-electron chi connectivity index (χ0n) is 9.27. The van der Waals surface area contributed by atoms with Gasteiger partial charge in [-0.15, -0.1) is 0 Å². The van der Waals surface area contributed by atoms with Crippen LogP contribution in [-0.2, 0) is 19.1 Å². The first-order valence-corrected chi connectivity index (χ1v) is 7.20. The Morgan fingerprint density at radius 1 is 1.18 bits per heavy atom. The number of unbranched alkanes of at least 4 members (excludes halogenated alkanes) is 1. The van der Waals surface area contributed by atoms with Crippen LogP contribution in [0, 0.1) is 0 Å². The van der Waals surface area contributed by atoms with Crippen molar-refractivity contribution in [2.24, 2.45) is 0 Å². The maximum absolute atomic E-state index is 11.4. The molecule has 1 aromatic carbocycles. The third-order valence-electron chi connectivity index (χ3n) is 2.13. The van der Waals surface area contributed by atoms with E-state index >= 15 is 0 Å². The molecule has 0 aliphatic carbocycles. The van der Waals surface area contributed by atoms with E-state index in [-0.39, 0.29) is 0 Å². The molecule has 0 aliphatic heterocycles. The van der Waals surface area contributed by atoms with Crippen LogP contribution in [0.15, 0.2) is 24.3 Å². The van der Waals surface area contributed by atoms with Gasteiger partial charge in [0.2, 0.25) is 0 Å². The molecular weight excluding hydrogens is 286 g/mol. The third kappa shape index (κ3) is 4.86. The molecule has 0 radical (unpaired) electrons. The quantitative estimate of drug-likeness (QED) is 0.675. The Morgan fingerprint density at radius 3 is 2.24 bits per heavy atom. The molecule has 0 bridgehead atoms. The maximum atomic E-state index is 11.4. The summed E-state index contributed by atoms with van der Waals surface area (Å²) in [4.78, 5) is 0. The van der Waals surface area contributed by atoms with Gasteiger partial charge in [-0.1, -0.05) is 25.5 Å². The molecule has 0 saturated carbocycles. The monoisotopic (exact) mass is 298 g/mol. The highest BCUT2D eigenvalue weighted by atomic mass is 35.5. The van der Waals surface area contributed by atoms with Crippen LogP contribution in [0.1, 0.15) is 25.3 Å². The molecule has 96 valence electrons. The van der Waals surface area contributed by atoms with Crippen molar-refractivity contribution >= 4 is 31.6 Å². The minimum Gasteiger partial charge on any atom is -0.402 e. The van der Waals surface area contributed by atoms with Crippen molar-refractivity contribution in [1.82, 2.24) is 0 Å². The Kier molecular flexibility index (Phi) is 6.31. The molecule has 0 heterocycles. The molecule has 0 aromatic heterocycles. The van der Waals surface area contributed by atoms with E-state index in [1.807, 2.05) is 12.1 Å². The van der Waals surface area contributed by atoms with Crippen molar-refractivity contribution in [3.63, 3.8) is 0 Å². The number of halogens is 2. The summed E-state index contributed by atoms with van der Waals surface area (Å²) in [5.41, 5.74) is 1.17. The highest BCUT2D eigenvalue weighted by Gasteiger charge is 2.28. The van der Waals surface area contributed by atoms with Crippen LogP contribution in [-0.4, -0.2) is 0 Å². The fourth-order valence-corrected chi connectivity index (χ4v) is 2.15. The normalized spacial score (nSPS) is 11.5. The SMILES string of the molecule is CCCCc1ccc(OP(=O)(OCl)OCl)cc1. The van der Waals surface area contributed by atoms with Crippen molar-refractivity contribution < 1.29 is 17.2 Å². The van der Waals surface area contributed by atoms with Crippen LogP contribution in [0.4, 0.5) is 0 Å². The lowest BCUT2D eigenvalue weighted by Gasteiger charge is -2.10. The molecule has 7 heteroatoms. The Labute approximate surface area is 111 Å².